The highest BCUT2D eigenvalue weighted by Crippen LogP contribution is 2.54. The maximum atomic E-state index is 9.83. The third-order valence-corrected chi connectivity index (χ3v) is 6.11. The highest BCUT2D eigenvalue weighted by Gasteiger charge is 2.47. The first kappa shape index (κ1) is 15.9. The molecular formula is C19H33N. The van der Waals surface area contributed by atoms with Crippen LogP contribution in [0.1, 0.15) is 90.9 Å². The van der Waals surface area contributed by atoms with Crippen molar-refractivity contribution < 1.29 is 0 Å². The van der Waals surface area contributed by atoms with E-state index in [2.05, 4.69) is 19.9 Å². The first-order chi connectivity index (χ1) is 9.74. The fraction of sp³-hybridized carbons (Fsp3) is 0.947. The predicted octanol–water partition coefficient (Wildman–Crippen LogP) is 6.09. The Bertz CT molecular complexity index is 329. The van der Waals surface area contributed by atoms with Crippen molar-refractivity contribution in [2.24, 2.45) is 23.2 Å². The van der Waals surface area contributed by atoms with E-state index in [-0.39, 0.29) is 5.41 Å². The third-order valence-electron chi connectivity index (χ3n) is 6.11. The molecule has 0 radical (unpaired) electrons. The SMILES string of the molecule is CCCCC[C@@H]1CC[C@@H]2CC(CCC)CCC2(C#N)C1. The molecule has 0 spiro atoms. The molecule has 20 heavy (non-hydrogen) atoms. The molecule has 0 aromatic carbocycles. The summed E-state index contributed by atoms with van der Waals surface area (Å²) < 4.78 is 0. The van der Waals surface area contributed by atoms with Crippen molar-refractivity contribution in [3.63, 3.8) is 0 Å². The first-order valence-electron chi connectivity index (χ1n) is 9.15. The number of hydrogen-bond acceptors (Lipinski definition) is 1. The van der Waals surface area contributed by atoms with E-state index in [9.17, 15) is 5.26 Å². The van der Waals surface area contributed by atoms with Crippen molar-refractivity contribution in [3.05, 3.63) is 0 Å². The molecule has 2 aliphatic carbocycles. The molecule has 2 aliphatic rings. The van der Waals surface area contributed by atoms with Crippen LogP contribution in [0.15, 0.2) is 0 Å². The normalized spacial score (nSPS) is 37.1. The van der Waals surface area contributed by atoms with Crippen LogP contribution in [0.3, 0.4) is 0 Å². The number of unbranched alkanes of at least 4 members (excludes halogenated alkanes) is 2. The monoisotopic (exact) mass is 275 g/mol. The average molecular weight is 275 g/mol. The summed E-state index contributed by atoms with van der Waals surface area (Å²) in [5.41, 5.74) is 0.0688. The Morgan fingerprint density at radius 2 is 1.85 bits per heavy atom. The lowest BCUT2D eigenvalue weighted by molar-refractivity contribution is 0.0370. The molecule has 0 bridgehead atoms. The van der Waals surface area contributed by atoms with Gasteiger partial charge in [0.15, 0.2) is 0 Å². The van der Waals surface area contributed by atoms with Gasteiger partial charge in [0, 0.05) is 0 Å². The molecule has 2 fully saturated rings. The molecule has 1 nitrogen and oxygen atoms in total. The van der Waals surface area contributed by atoms with Crippen molar-refractivity contribution in [3.8, 4) is 6.07 Å². The minimum atomic E-state index is 0.0688. The molecule has 0 aromatic heterocycles. The van der Waals surface area contributed by atoms with Gasteiger partial charge in [-0.25, -0.2) is 0 Å². The van der Waals surface area contributed by atoms with E-state index >= 15 is 0 Å². The maximum Gasteiger partial charge on any atom is 0.0692 e. The second-order valence-corrected chi connectivity index (χ2v) is 7.54. The zero-order valence-electron chi connectivity index (χ0n) is 13.7. The van der Waals surface area contributed by atoms with Gasteiger partial charge in [0.05, 0.1) is 11.5 Å². The number of hydrogen-bond donors (Lipinski definition) is 0. The third kappa shape index (κ3) is 3.57. The standard InChI is InChI=1S/C19H33N/c1-3-5-6-8-17-9-10-18-13-16(7-4-2)11-12-19(18,14-17)15-20/h16-18H,3-14H2,1-2H3/t16?,17-,18-,19?/m1/s1. The Labute approximate surface area is 126 Å². The van der Waals surface area contributed by atoms with E-state index in [1.165, 1.54) is 77.0 Å². The van der Waals surface area contributed by atoms with Crippen LogP contribution >= 0.6 is 0 Å². The Kier molecular flexibility index (Phi) is 5.94. The lowest BCUT2D eigenvalue weighted by atomic mass is 9.55. The van der Waals surface area contributed by atoms with Gasteiger partial charge < -0.3 is 0 Å². The molecule has 114 valence electrons. The summed E-state index contributed by atoms with van der Waals surface area (Å²) >= 11 is 0. The van der Waals surface area contributed by atoms with Crippen LogP contribution < -0.4 is 0 Å². The average Bonchev–Trinajstić information content (AvgIpc) is 2.48. The minimum Gasteiger partial charge on any atom is -0.198 e. The Morgan fingerprint density at radius 1 is 1.00 bits per heavy atom. The van der Waals surface area contributed by atoms with Gasteiger partial charge in [-0.1, -0.05) is 58.8 Å². The Hall–Kier alpha value is -0.510. The van der Waals surface area contributed by atoms with E-state index in [0.717, 1.165) is 17.8 Å². The van der Waals surface area contributed by atoms with Gasteiger partial charge in [-0.2, -0.15) is 5.26 Å². The molecule has 0 N–H and O–H groups in total. The van der Waals surface area contributed by atoms with Crippen LogP contribution in [-0.2, 0) is 0 Å². The fourth-order valence-corrected chi connectivity index (χ4v) is 4.92. The van der Waals surface area contributed by atoms with E-state index in [1.807, 2.05) is 0 Å². The number of rotatable bonds is 6. The summed E-state index contributed by atoms with van der Waals surface area (Å²) in [6.07, 6.45) is 16.0. The quantitative estimate of drug-likeness (QED) is 0.538. The maximum absolute atomic E-state index is 9.83. The topological polar surface area (TPSA) is 23.8 Å². The van der Waals surface area contributed by atoms with E-state index in [0.29, 0.717) is 0 Å². The molecule has 2 rings (SSSR count). The fourth-order valence-electron chi connectivity index (χ4n) is 4.92. The number of nitriles is 1. The van der Waals surface area contributed by atoms with Gasteiger partial charge in [-0.05, 0) is 49.9 Å². The summed E-state index contributed by atoms with van der Waals surface area (Å²) in [6.45, 7) is 4.58. The van der Waals surface area contributed by atoms with Crippen molar-refractivity contribution in [2.45, 2.75) is 90.9 Å². The summed E-state index contributed by atoms with van der Waals surface area (Å²) in [5.74, 6) is 2.49. The highest BCUT2D eigenvalue weighted by molar-refractivity contribution is 5.08. The highest BCUT2D eigenvalue weighted by atomic mass is 14.5. The second-order valence-electron chi connectivity index (χ2n) is 7.54. The van der Waals surface area contributed by atoms with Gasteiger partial charge >= 0.3 is 0 Å². The van der Waals surface area contributed by atoms with Crippen molar-refractivity contribution >= 4 is 0 Å². The van der Waals surface area contributed by atoms with E-state index < -0.39 is 0 Å². The molecule has 0 amide bonds. The van der Waals surface area contributed by atoms with Crippen molar-refractivity contribution in [1.82, 2.24) is 0 Å². The predicted molar refractivity (Wildman–Crippen MR) is 85.3 cm³/mol. The van der Waals surface area contributed by atoms with Gasteiger partial charge in [0.25, 0.3) is 0 Å². The summed E-state index contributed by atoms with van der Waals surface area (Å²) in [4.78, 5) is 0. The molecule has 2 unspecified atom stereocenters. The lowest BCUT2D eigenvalue weighted by Gasteiger charge is -2.48. The Morgan fingerprint density at radius 3 is 2.55 bits per heavy atom. The van der Waals surface area contributed by atoms with Crippen LogP contribution in [0.4, 0.5) is 0 Å². The zero-order valence-corrected chi connectivity index (χ0v) is 13.7. The smallest absolute Gasteiger partial charge is 0.0692 e. The Balaban J connectivity index is 1.92. The first-order valence-corrected chi connectivity index (χ1v) is 9.15. The van der Waals surface area contributed by atoms with Crippen molar-refractivity contribution in [2.75, 3.05) is 0 Å². The molecule has 0 aliphatic heterocycles. The van der Waals surface area contributed by atoms with Crippen LogP contribution in [0, 0.1) is 34.5 Å². The summed E-state index contributed by atoms with van der Waals surface area (Å²) in [7, 11) is 0. The summed E-state index contributed by atoms with van der Waals surface area (Å²) in [6, 6.07) is 2.80. The lowest BCUT2D eigenvalue weighted by Crippen LogP contribution is -2.40. The summed E-state index contributed by atoms with van der Waals surface area (Å²) in [5, 5.41) is 9.83. The number of nitrogens with zero attached hydrogens (tertiary/aromatic N) is 1. The molecule has 0 heterocycles. The zero-order chi connectivity index (χ0) is 14.4. The molecule has 0 aromatic rings. The molecular weight excluding hydrogens is 242 g/mol. The van der Waals surface area contributed by atoms with E-state index in [4.69, 9.17) is 0 Å². The van der Waals surface area contributed by atoms with Gasteiger partial charge in [0.1, 0.15) is 0 Å². The van der Waals surface area contributed by atoms with Gasteiger partial charge in [0.2, 0.25) is 0 Å². The van der Waals surface area contributed by atoms with Crippen LogP contribution in [0.5, 0.6) is 0 Å². The van der Waals surface area contributed by atoms with Gasteiger partial charge in [-0.15, -0.1) is 0 Å². The molecule has 0 saturated heterocycles. The van der Waals surface area contributed by atoms with Crippen LogP contribution in [-0.4, -0.2) is 0 Å². The minimum absolute atomic E-state index is 0.0688. The van der Waals surface area contributed by atoms with E-state index in [1.54, 1.807) is 0 Å². The van der Waals surface area contributed by atoms with Crippen molar-refractivity contribution in [1.29, 1.82) is 5.26 Å². The van der Waals surface area contributed by atoms with Crippen LogP contribution in [0.25, 0.3) is 0 Å². The number of fused-ring (bicyclic) bond motifs is 1. The molecule has 4 atom stereocenters. The molecule has 2 saturated carbocycles. The largest absolute Gasteiger partial charge is 0.198 e. The molecule has 1 heteroatoms. The second kappa shape index (κ2) is 7.48. The van der Waals surface area contributed by atoms with Gasteiger partial charge in [-0.3, -0.25) is 0 Å². The van der Waals surface area contributed by atoms with Crippen LogP contribution in [0.2, 0.25) is 0 Å².